The predicted octanol–water partition coefficient (Wildman–Crippen LogP) is 5.70. The maximum atomic E-state index is 13.7. The summed E-state index contributed by atoms with van der Waals surface area (Å²) in [6.07, 6.45) is -0.414. The third kappa shape index (κ3) is 7.49. The molecule has 1 amide bonds. The summed E-state index contributed by atoms with van der Waals surface area (Å²) < 4.78 is 38.4. The Morgan fingerprint density at radius 3 is 2.08 bits per heavy atom. The molecule has 1 aromatic heterocycles. The largest absolute Gasteiger partial charge is 0.484 e. The SMILES string of the molecule is C[C@H](COc1cc(N=C(c2ccccc2)c2ccccc2)cn(C(F)F)c1=O)OC(=O)NC(C)(C)C. The molecule has 1 N–H and O–H groups in total. The van der Waals surface area contributed by atoms with Crippen LogP contribution in [-0.2, 0) is 4.74 Å². The zero-order chi connectivity index (χ0) is 26.3. The molecule has 1 atom stereocenters. The van der Waals surface area contributed by atoms with Crippen LogP contribution in [0.2, 0.25) is 0 Å². The number of hydrogen-bond donors (Lipinski definition) is 1. The van der Waals surface area contributed by atoms with Crippen LogP contribution in [0.4, 0.5) is 19.3 Å². The quantitative estimate of drug-likeness (QED) is 0.405. The summed E-state index contributed by atoms with van der Waals surface area (Å²) in [6.45, 7) is 3.65. The number of carbonyl (C=O) groups is 1. The second-order valence-corrected chi connectivity index (χ2v) is 9.15. The summed E-state index contributed by atoms with van der Waals surface area (Å²) in [4.78, 5) is 29.2. The number of carbonyl (C=O) groups excluding carboxylic acids is 1. The van der Waals surface area contributed by atoms with Crippen molar-refractivity contribution in [1.29, 1.82) is 0 Å². The average molecular weight is 498 g/mol. The Kier molecular flexibility index (Phi) is 8.58. The maximum Gasteiger partial charge on any atom is 0.407 e. The van der Waals surface area contributed by atoms with Crippen molar-refractivity contribution in [3.63, 3.8) is 0 Å². The zero-order valence-corrected chi connectivity index (χ0v) is 20.6. The van der Waals surface area contributed by atoms with Crippen LogP contribution in [-0.4, -0.2) is 34.6 Å². The van der Waals surface area contributed by atoms with Crippen molar-refractivity contribution in [3.05, 3.63) is 94.4 Å². The number of aromatic nitrogens is 1. The van der Waals surface area contributed by atoms with Gasteiger partial charge in [-0.2, -0.15) is 8.78 Å². The molecule has 2 aromatic carbocycles. The molecule has 0 spiro atoms. The number of nitrogens with one attached hydrogen (secondary N) is 1. The lowest BCUT2D eigenvalue weighted by molar-refractivity contribution is 0.0605. The Hall–Kier alpha value is -4.01. The molecule has 36 heavy (non-hydrogen) atoms. The van der Waals surface area contributed by atoms with E-state index in [2.05, 4.69) is 10.3 Å². The van der Waals surface area contributed by atoms with E-state index >= 15 is 0 Å². The fourth-order valence-electron chi connectivity index (χ4n) is 3.25. The molecule has 3 rings (SSSR count). The number of alkyl halides is 2. The number of aliphatic imine (C=N–C) groups is 1. The van der Waals surface area contributed by atoms with Gasteiger partial charge in [0.15, 0.2) is 5.75 Å². The van der Waals surface area contributed by atoms with Crippen LogP contribution in [0.15, 0.2) is 82.7 Å². The third-order valence-electron chi connectivity index (χ3n) is 4.80. The zero-order valence-electron chi connectivity index (χ0n) is 20.6. The molecule has 0 fully saturated rings. The van der Waals surface area contributed by atoms with E-state index in [9.17, 15) is 18.4 Å². The lowest BCUT2D eigenvalue weighted by Crippen LogP contribution is -2.42. The summed E-state index contributed by atoms with van der Waals surface area (Å²) in [5, 5.41) is 2.65. The number of pyridine rings is 1. The van der Waals surface area contributed by atoms with E-state index in [-0.39, 0.29) is 22.6 Å². The molecule has 0 saturated heterocycles. The van der Waals surface area contributed by atoms with E-state index in [1.54, 1.807) is 27.7 Å². The minimum Gasteiger partial charge on any atom is -0.484 e. The first-order valence-corrected chi connectivity index (χ1v) is 11.4. The highest BCUT2D eigenvalue weighted by atomic mass is 19.3. The van der Waals surface area contributed by atoms with Crippen molar-refractivity contribution in [2.45, 2.75) is 45.9 Å². The molecular weight excluding hydrogens is 468 g/mol. The van der Waals surface area contributed by atoms with Crippen LogP contribution in [0.25, 0.3) is 0 Å². The summed E-state index contributed by atoms with van der Waals surface area (Å²) in [5.41, 5.74) is 0.672. The monoisotopic (exact) mass is 497 g/mol. The number of alkyl carbamates (subject to hydrolysis) is 1. The minimum absolute atomic E-state index is 0.103. The number of amides is 1. The first-order chi connectivity index (χ1) is 17.0. The van der Waals surface area contributed by atoms with Crippen molar-refractivity contribution < 1.29 is 23.0 Å². The Labute approximate surface area is 208 Å². The van der Waals surface area contributed by atoms with Crippen LogP contribution < -0.4 is 15.6 Å². The van der Waals surface area contributed by atoms with E-state index in [4.69, 9.17) is 9.47 Å². The second-order valence-electron chi connectivity index (χ2n) is 9.15. The molecule has 0 aliphatic carbocycles. The lowest BCUT2D eigenvalue weighted by Gasteiger charge is -2.22. The van der Waals surface area contributed by atoms with E-state index in [1.165, 1.54) is 6.07 Å². The van der Waals surface area contributed by atoms with Gasteiger partial charge in [-0.05, 0) is 27.7 Å². The molecule has 0 aliphatic rings. The lowest BCUT2D eigenvalue weighted by atomic mass is 10.0. The molecule has 0 radical (unpaired) electrons. The molecular formula is C27H29F2N3O4. The molecule has 7 nitrogen and oxygen atoms in total. The molecule has 0 saturated carbocycles. The summed E-state index contributed by atoms with van der Waals surface area (Å²) in [6, 6.07) is 19.8. The molecule has 3 aromatic rings. The number of ether oxygens (including phenoxy) is 2. The van der Waals surface area contributed by atoms with Gasteiger partial charge in [0.05, 0.1) is 11.4 Å². The van der Waals surface area contributed by atoms with Crippen LogP contribution in [0, 0.1) is 0 Å². The van der Waals surface area contributed by atoms with Gasteiger partial charge in [0.25, 0.3) is 5.56 Å². The van der Waals surface area contributed by atoms with E-state index < -0.39 is 29.8 Å². The number of nitrogens with zero attached hydrogens (tertiary/aromatic N) is 2. The van der Waals surface area contributed by atoms with Gasteiger partial charge in [0.2, 0.25) is 0 Å². The number of hydrogen-bond acceptors (Lipinski definition) is 5. The van der Waals surface area contributed by atoms with Gasteiger partial charge in [0, 0.05) is 28.9 Å². The van der Waals surface area contributed by atoms with Crippen molar-refractivity contribution >= 4 is 17.5 Å². The van der Waals surface area contributed by atoms with Gasteiger partial charge in [0.1, 0.15) is 12.7 Å². The van der Waals surface area contributed by atoms with Crippen LogP contribution in [0.1, 0.15) is 45.4 Å². The Morgan fingerprint density at radius 1 is 1.03 bits per heavy atom. The predicted molar refractivity (Wildman–Crippen MR) is 134 cm³/mol. The van der Waals surface area contributed by atoms with Crippen LogP contribution >= 0.6 is 0 Å². The number of benzene rings is 2. The van der Waals surface area contributed by atoms with E-state index in [1.807, 2.05) is 60.7 Å². The van der Waals surface area contributed by atoms with Crippen molar-refractivity contribution in [2.75, 3.05) is 6.61 Å². The molecule has 0 bridgehead atoms. The van der Waals surface area contributed by atoms with Gasteiger partial charge in [-0.1, -0.05) is 60.7 Å². The third-order valence-corrected chi connectivity index (χ3v) is 4.80. The topological polar surface area (TPSA) is 81.9 Å². The number of rotatable bonds is 8. The Morgan fingerprint density at radius 2 is 1.58 bits per heavy atom. The smallest absolute Gasteiger partial charge is 0.407 e. The first kappa shape index (κ1) is 26.6. The average Bonchev–Trinajstić information content (AvgIpc) is 2.82. The van der Waals surface area contributed by atoms with Gasteiger partial charge >= 0.3 is 12.6 Å². The molecule has 0 aliphatic heterocycles. The molecule has 0 unspecified atom stereocenters. The van der Waals surface area contributed by atoms with Crippen LogP contribution in [0.5, 0.6) is 5.75 Å². The van der Waals surface area contributed by atoms with Gasteiger partial charge in [-0.15, -0.1) is 0 Å². The second kappa shape index (κ2) is 11.6. The summed E-state index contributed by atoms with van der Waals surface area (Å²) in [7, 11) is 0. The van der Waals surface area contributed by atoms with Crippen LogP contribution in [0.3, 0.4) is 0 Å². The van der Waals surface area contributed by atoms with E-state index in [0.717, 1.165) is 17.3 Å². The molecule has 9 heteroatoms. The highest BCUT2D eigenvalue weighted by Crippen LogP contribution is 2.23. The molecule has 1 heterocycles. The summed E-state index contributed by atoms with van der Waals surface area (Å²) in [5.74, 6) is -0.330. The van der Waals surface area contributed by atoms with Crippen molar-refractivity contribution in [3.8, 4) is 5.75 Å². The maximum absolute atomic E-state index is 13.7. The van der Waals surface area contributed by atoms with Gasteiger partial charge in [-0.25, -0.2) is 9.79 Å². The van der Waals surface area contributed by atoms with Gasteiger partial charge in [-0.3, -0.25) is 9.36 Å². The summed E-state index contributed by atoms with van der Waals surface area (Å²) >= 11 is 0. The highest BCUT2D eigenvalue weighted by Gasteiger charge is 2.19. The Balaban J connectivity index is 1.93. The van der Waals surface area contributed by atoms with Crippen molar-refractivity contribution in [2.24, 2.45) is 4.99 Å². The minimum atomic E-state index is -3.10. The highest BCUT2D eigenvalue weighted by molar-refractivity contribution is 6.13. The first-order valence-electron chi connectivity index (χ1n) is 11.4. The van der Waals surface area contributed by atoms with Crippen molar-refractivity contribution in [1.82, 2.24) is 9.88 Å². The fourth-order valence-corrected chi connectivity index (χ4v) is 3.25. The molecule has 190 valence electrons. The number of halogens is 2. The normalized spacial score (nSPS) is 12.1. The standard InChI is InChI=1S/C27H29F2N3O4/c1-18(36-26(34)31-27(2,3)4)17-35-22-15-21(16-32(24(22)33)25(28)29)30-23(19-11-7-5-8-12-19)20-13-9-6-10-14-20/h5-16,18,25H,17H2,1-4H3,(H,31,34)/t18-/m1/s1. The van der Waals surface area contributed by atoms with E-state index in [0.29, 0.717) is 5.71 Å². The van der Waals surface area contributed by atoms with Gasteiger partial charge < -0.3 is 14.8 Å². The fraction of sp³-hybridized carbons (Fsp3) is 0.296. The Bertz CT molecular complexity index is 1210.